The normalized spacial score (nSPS) is 20.4. The van der Waals surface area contributed by atoms with Gasteiger partial charge in [-0.05, 0) is 42.5 Å². The van der Waals surface area contributed by atoms with Crippen LogP contribution in [0.3, 0.4) is 0 Å². The fraction of sp³-hybridized carbons (Fsp3) is 0.188. The molecule has 1 heterocycles. The minimum absolute atomic E-state index is 0.0313. The lowest BCUT2D eigenvalue weighted by Crippen LogP contribution is -2.47. The standard InChI is InChI=1S/C16H12Cl2F3N3O3S/c17-9-1-6-12(13(18)7-9)14-23-15(25,16(19,20)21)8-24(14)10-2-4-11(5-3-10)28(22,26)27/h1-7,25H,8H2,(H2,22,26,27). The third-order valence-electron chi connectivity index (χ3n) is 4.03. The SMILES string of the molecule is NS(=O)(=O)c1ccc(N2CC(O)(C(F)(F)F)N=C2c2ccc(Cl)cc2Cl)cc1. The Balaban J connectivity index is 2.12. The fourth-order valence-corrected chi connectivity index (χ4v) is 3.63. The highest BCUT2D eigenvalue weighted by Crippen LogP contribution is 2.40. The number of anilines is 1. The zero-order chi connectivity index (χ0) is 20.9. The molecule has 1 atom stereocenters. The van der Waals surface area contributed by atoms with Gasteiger partial charge in [0, 0.05) is 16.3 Å². The first kappa shape index (κ1) is 20.9. The monoisotopic (exact) mass is 453 g/mol. The Hall–Kier alpha value is -1.85. The molecule has 0 aliphatic carbocycles. The maximum Gasteiger partial charge on any atom is 0.440 e. The van der Waals surface area contributed by atoms with Crippen LogP contribution in [0.1, 0.15) is 5.56 Å². The van der Waals surface area contributed by atoms with Crippen molar-refractivity contribution in [2.45, 2.75) is 16.8 Å². The lowest BCUT2D eigenvalue weighted by Gasteiger charge is -2.26. The van der Waals surface area contributed by atoms with Gasteiger partial charge < -0.3 is 10.0 Å². The first-order valence-corrected chi connectivity index (χ1v) is 9.87. The van der Waals surface area contributed by atoms with Gasteiger partial charge in [0.15, 0.2) is 0 Å². The number of aliphatic hydroxyl groups is 1. The van der Waals surface area contributed by atoms with Gasteiger partial charge in [0.05, 0.1) is 16.5 Å². The van der Waals surface area contributed by atoms with Crippen LogP contribution < -0.4 is 10.0 Å². The summed E-state index contributed by atoms with van der Waals surface area (Å²) in [5, 5.41) is 15.4. The average Bonchev–Trinajstić information content (AvgIpc) is 2.93. The zero-order valence-corrected chi connectivity index (χ0v) is 16.1. The van der Waals surface area contributed by atoms with Crippen molar-refractivity contribution in [2.75, 3.05) is 11.4 Å². The number of nitrogens with two attached hydrogens (primary N) is 1. The first-order chi connectivity index (χ1) is 12.8. The van der Waals surface area contributed by atoms with Crippen molar-refractivity contribution >= 4 is 44.7 Å². The fourth-order valence-electron chi connectivity index (χ4n) is 2.63. The summed E-state index contributed by atoms with van der Waals surface area (Å²) in [6.45, 7) is -0.945. The molecule has 0 spiro atoms. The van der Waals surface area contributed by atoms with E-state index >= 15 is 0 Å². The average molecular weight is 454 g/mol. The third-order valence-corrected chi connectivity index (χ3v) is 5.51. The van der Waals surface area contributed by atoms with E-state index < -0.39 is 28.5 Å². The molecule has 0 bridgehead atoms. The van der Waals surface area contributed by atoms with Crippen molar-refractivity contribution in [1.82, 2.24) is 0 Å². The molecular weight excluding hydrogens is 442 g/mol. The molecule has 0 aromatic heterocycles. The number of primary sulfonamides is 1. The van der Waals surface area contributed by atoms with E-state index in [1.807, 2.05) is 0 Å². The molecule has 1 aliphatic heterocycles. The summed E-state index contributed by atoms with van der Waals surface area (Å²) in [4.78, 5) is 4.34. The maximum atomic E-state index is 13.4. The third kappa shape index (κ3) is 3.83. The van der Waals surface area contributed by atoms with Gasteiger partial charge in [-0.15, -0.1) is 0 Å². The Labute approximate surface area is 168 Å². The minimum Gasteiger partial charge on any atom is -0.361 e. The smallest absolute Gasteiger partial charge is 0.361 e. The first-order valence-electron chi connectivity index (χ1n) is 7.57. The number of rotatable bonds is 3. The molecule has 0 radical (unpaired) electrons. The molecule has 0 saturated heterocycles. The van der Waals surface area contributed by atoms with Crippen molar-refractivity contribution in [3.05, 3.63) is 58.1 Å². The van der Waals surface area contributed by atoms with E-state index in [-0.39, 0.29) is 32.0 Å². The second-order valence-electron chi connectivity index (χ2n) is 6.00. The number of β-amino-alcohol motifs (C(OH)–C–C–N with tert-alkyl or cyclic N) is 1. The number of hydrogen-bond donors (Lipinski definition) is 2. The molecule has 0 saturated carbocycles. The van der Waals surface area contributed by atoms with E-state index in [1.165, 1.54) is 30.3 Å². The molecule has 12 heteroatoms. The highest BCUT2D eigenvalue weighted by molar-refractivity contribution is 7.89. The Morgan fingerprint density at radius 3 is 2.25 bits per heavy atom. The van der Waals surface area contributed by atoms with Crippen LogP contribution in [0.5, 0.6) is 0 Å². The number of alkyl halides is 3. The van der Waals surface area contributed by atoms with E-state index in [4.69, 9.17) is 28.3 Å². The van der Waals surface area contributed by atoms with E-state index in [0.29, 0.717) is 0 Å². The van der Waals surface area contributed by atoms with Gasteiger partial charge in [-0.25, -0.2) is 18.5 Å². The second-order valence-corrected chi connectivity index (χ2v) is 8.40. The quantitative estimate of drug-likeness (QED) is 0.745. The molecule has 150 valence electrons. The molecule has 1 unspecified atom stereocenters. The van der Waals surface area contributed by atoms with Crippen LogP contribution >= 0.6 is 23.2 Å². The molecule has 0 fully saturated rings. The lowest BCUT2D eigenvalue weighted by molar-refractivity contribution is -0.249. The predicted octanol–water partition coefficient (Wildman–Crippen LogP) is 3.16. The Morgan fingerprint density at radius 2 is 1.75 bits per heavy atom. The number of sulfonamides is 1. The van der Waals surface area contributed by atoms with Crippen LogP contribution in [0.2, 0.25) is 10.0 Å². The van der Waals surface area contributed by atoms with Gasteiger partial charge in [0.25, 0.3) is 5.72 Å². The number of aliphatic imine (C=N–C) groups is 1. The summed E-state index contributed by atoms with van der Waals surface area (Å²) in [7, 11) is -3.98. The minimum atomic E-state index is -5.05. The second kappa shape index (κ2) is 6.89. The topological polar surface area (TPSA) is 96.0 Å². The van der Waals surface area contributed by atoms with Crippen molar-refractivity contribution < 1.29 is 26.7 Å². The van der Waals surface area contributed by atoms with Gasteiger partial charge in [-0.2, -0.15) is 13.2 Å². The van der Waals surface area contributed by atoms with E-state index in [9.17, 15) is 26.7 Å². The summed E-state index contributed by atoms with van der Waals surface area (Å²) in [6, 6.07) is 8.89. The van der Waals surface area contributed by atoms with Crippen molar-refractivity contribution in [3.63, 3.8) is 0 Å². The van der Waals surface area contributed by atoms with Crippen LogP contribution in [-0.2, 0) is 10.0 Å². The van der Waals surface area contributed by atoms with E-state index in [0.717, 1.165) is 17.0 Å². The Kier molecular flexibility index (Phi) is 5.13. The highest BCUT2D eigenvalue weighted by atomic mass is 35.5. The number of amidine groups is 1. The molecule has 0 amide bonds. The molecule has 6 nitrogen and oxygen atoms in total. The van der Waals surface area contributed by atoms with Crippen molar-refractivity contribution in [1.29, 1.82) is 0 Å². The molecule has 3 N–H and O–H groups in total. The number of nitrogens with zero attached hydrogens (tertiary/aromatic N) is 2. The molecule has 1 aliphatic rings. The van der Waals surface area contributed by atoms with Gasteiger partial charge in [-0.1, -0.05) is 23.2 Å². The molecule has 2 aromatic carbocycles. The van der Waals surface area contributed by atoms with Crippen LogP contribution in [0.15, 0.2) is 52.4 Å². The molecule has 3 rings (SSSR count). The van der Waals surface area contributed by atoms with Gasteiger partial charge in [0.1, 0.15) is 5.84 Å². The summed E-state index contributed by atoms with van der Waals surface area (Å²) >= 11 is 11.9. The summed E-state index contributed by atoms with van der Waals surface area (Å²) in [5.74, 6) is -0.246. The number of benzene rings is 2. The van der Waals surface area contributed by atoms with Crippen LogP contribution in [0.25, 0.3) is 0 Å². The summed E-state index contributed by atoms with van der Waals surface area (Å²) in [5.41, 5.74) is -3.11. The molecule has 2 aromatic rings. The largest absolute Gasteiger partial charge is 0.440 e. The summed E-state index contributed by atoms with van der Waals surface area (Å²) < 4.78 is 62.9. The zero-order valence-electron chi connectivity index (χ0n) is 13.8. The van der Waals surface area contributed by atoms with Gasteiger partial charge in [0.2, 0.25) is 10.0 Å². The van der Waals surface area contributed by atoms with Crippen LogP contribution in [-0.4, -0.2) is 37.8 Å². The molecule has 28 heavy (non-hydrogen) atoms. The summed E-state index contributed by atoms with van der Waals surface area (Å²) in [6.07, 6.45) is -5.05. The number of halogens is 5. The lowest BCUT2D eigenvalue weighted by atomic mass is 10.1. The molecular formula is C16H12Cl2F3N3O3S. The maximum absolute atomic E-state index is 13.4. The van der Waals surface area contributed by atoms with E-state index in [2.05, 4.69) is 4.99 Å². The number of hydrogen-bond acceptors (Lipinski definition) is 5. The highest BCUT2D eigenvalue weighted by Gasteiger charge is 2.59. The van der Waals surface area contributed by atoms with E-state index in [1.54, 1.807) is 0 Å². The van der Waals surface area contributed by atoms with Gasteiger partial charge in [-0.3, -0.25) is 0 Å². The van der Waals surface area contributed by atoms with Crippen molar-refractivity contribution in [3.8, 4) is 0 Å². The Bertz CT molecular complexity index is 1060. The Morgan fingerprint density at radius 1 is 1.14 bits per heavy atom. The predicted molar refractivity (Wildman–Crippen MR) is 99.2 cm³/mol. The van der Waals surface area contributed by atoms with Crippen LogP contribution in [0.4, 0.5) is 18.9 Å². The van der Waals surface area contributed by atoms with Gasteiger partial charge >= 0.3 is 6.18 Å². The van der Waals surface area contributed by atoms with Crippen LogP contribution in [0, 0.1) is 0 Å². The van der Waals surface area contributed by atoms with Crippen molar-refractivity contribution in [2.24, 2.45) is 10.1 Å².